The Kier molecular flexibility index (Phi) is 4.86. The summed E-state index contributed by atoms with van der Waals surface area (Å²) < 4.78 is 10.6. The van der Waals surface area contributed by atoms with E-state index in [1.807, 2.05) is 31.2 Å². The van der Waals surface area contributed by atoms with Crippen LogP contribution in [0.25, 0.3) is 11.5 Å². The van der Waals surface area contributed by atoms with Gasteiger partial charge in [0, 0.05) is 12.1 Å². The summed E-state index contributed by atoms with van der Waals surface area (Å²) >= 11 is 0. The summed E-state index contributed by atoms with van der Waals surface area (Å²) in [6.07, 6.45) is 1.28. The minimum Gasteiger partial charge on any atom is -0.484 e. The number of ether oxygens (including phenoxy) is 1. The normalized spacial score (nSPS) is 10.4. The second kappa shape index (κ2) is 7.41. The second-order valence-corrected chi connectivity index (χ2v) is 5.32. The monoisotopic (exact) mass is 323 g/mol. The maximum Gasteiger partial charge on any atom is 0.258 e. The third-order valence-electron chi connectivity index (χ3n) is 3.44. The number of aromatic nitrogens is 2. The molecule has 3 rings (SSSR count). The molecule has 0 aliphatic rings. The lowest BCUT2D eigenvalue weighted by molar-refractivity contribution is -0.123. The van der Waals surface area contributed by atoms with Crippen LogP contribution in [0.15, 0.2) is 59.3 Å². The number of hydrogen-bond donors (Lipinski definition) is 1. The summed E-state index contributed by atoms with van der Waals surface area (Å²) in [6.45, 7) is 2.48. The van der Waals surface area contributed by atoms with Gasteiger partial charge in [-0.15, -0.1) is 10.2 Å². The average molecular weight is 323 g/mol. The molecule has 0 aliphatic heterocycles. The Morgan fingerprint density at radius 2 is 1.88 bits per heavy atom. The van der Waals surface area contributed by atoms with Gasteiger partial charge in [0.1, 0.15) is 5.75 Å². The van der Waals surface area contributed by atoms with Crippen molar-refractivity contribution < 1.29 is 13.9 Å². The van der Waals surface area contributed by atoms with Crippen molar-refractivity contribution in [2.75, 3.05) is 6.61 Å². The standard InChI is InChI=1S/C18H17N3O3/c1-13-2-4-14(5-3-13)10-19-17(22)11-23-16-8-6-15(7-9-16)18-21-20-12-24-18/h2-9,12H,10-11H2,1H3,(H,19,22). The lowest BCUT2D eigenvalue weighted by atomic mass is 10.1. The predicted molar refractivity (Wildman–Crippen MR) is 88.3 cm³/mol. The van der Waals surface area contributed by atoms with Crippen LogP contribution in [0.1, 0.15) is 11.1 Å². The van der Waals surface area contributed by atoms with Gasteiger partial charge in [0.25, 0.3) is 5.91 Å². The van der Waals surface area contributed by atoms with Crippen LogP contribution in [0.2, 0.25) is 0 Å². The fraction of sp³-hybridized carbons (Fsp3) is 0.167. The van der Waals surface area contributed by atoms with E-state index < -0.39 is 0 Å². The maximum atomic E-state index is 11.8. The summed E-state index contributed by atoms with van der Waals surface area (Å²) in [7, 11) is 0. The molecule has 0 bridgehead atoms. The highest BCUT2D eigenvalue weighted by molar-refractivity contribution is 5.77. The first-order chi connectivity index (χ1) is 11.7. The van der Waals surface area contributed by atoms with Crippen LogP contribution in [0.4, 0.5) is 0 Å². The van der Waals surface area contributed by atoms with Gasteiger partial charge < -0.3 is 14.5 Å². The Morgan fingerprint density at radius 3 is 2.54 bits per heavy atom. The van der Waals surface area contributed by atoms with E-state index >= 15 is 0 Å². The third-order valence-corrected chi connectivity index (χ3v) is 3.44. The van der Waals surface area contributed by atoms with Crippen LogP contribution in [-0.4, -0.2) is 22.7 Å². The van der Waals surface area contributed by atoms with Crippen molar-refractivity contribution in [1.29, 1.82) is 0 Å². The average Bonchev–Trinajstić information content (AvgIpc) is 3.14. The summed E-state index contributed by atoms with van der Waals surface area (Å²) in [6, 6.07) is 15.1. The van der Waals surface area contributed by atoms with Crippen molar-refractivity contribution in [3.63, 3.8) is 0 Å². The molecule has 1 amide bonds. The highest BCUT2D eigenvalue weighted by Crippen LogP contribution is 2.20. The Morgan fingerprint density at radius 1 is 1.12 bits per heavy atom. The van der Waals surface area contributed by atoms with Gasteiger partial charge in [-0.25, -0.2) is 0 Å². The van der Waals surface area contributed by atoms with E-state index in [1.54, 1.807) is 24.3 Å². The number of nitrogens with one attached hydrogen (secondary N) is 1. The number of nitrogens with zero attached hydrogens (tertiary/aromatic N) is 2. The number of carbonyl (C=O) groups is 1. The third kappa shape index (κ3) is 4.19. The number of carbonyl (C=O) groups excluding carboxylic acids is 1. The predicted octanol–water partition coefficient (Wildman–Crippen LogP) is 2.74. The van der Waals surface area contributed by atoms with Gasteiger partial charge in [-0.2, -0.15) is 0 Å². The highest BCUT2D eigenvalue weighted by Gasteiger charge is 2.05. The summed E-state index contributed by atoms with van der Waals surface area (Å²) in [5.41, 5.74) is 3.04. The van der Waals surface area contributed by atoms with Crippen LogP contribution in [-0.2, 0) is 11.3 Å². The van der Waals surface area contributed by atoms with E-state index in [0.717, 1.165) is 11.1 Å². The lowest BCUT2D eigenvalue weighted by Gasteiger charge is -2.08. The molecular formula is C18H17N3O3. The van der Waals surface area contributed by atoms with Gasteiger partial charge in [0.15, 0.2) is 6.61 Å². The fourth-order valence-electron chi connectivity index (χ4n) is 2.10. The molecule has 0 radical (unpaired) electrons. The molecule has 1 heterocycles. The van der Waals surface area contributed by atoms with E-state index in [9.17, 15) is 4.79 Å². The SMILES string of the molecule is Cc1ccc(CNC(=O)COc2ccc(-c3nnco3)cc2)cc1. The highest BCUT2D eigenvalue weighted by atomic mass is 16.5. The van der Waals surface area contributed by atoms with E-state index in [0.29, 0.717) is 18.2 Å². The fourth-order valence-corrected chi connectivity index (χ4v) is 2.10. The number of benzene rings is 2. The molecule has 0 saturated carbocycles. The Bertz CT molecular complexity index is 781. The molecule has 0 atom stereocenters. The molecule has 0 spiro atoms. The molecule has 0 unspecified atom stereocenters. The van der Waals surface area contributed by atoms with Gasteiger partial charge in [-0.3, -0.25) is 4.79 Å². The number of rotatable bonds is 6. The molecule has 122 valence electrons. The molecule has 0 aliphatic carbocycles. The first kappa shape index (κ1) is 15.7. The molecule has 24 heavy (non-hydrogen) atoms. The quantitative estimate of drug-likeness (QED) is 0.755. The minimum atomic E-state index is -0.170. The molecule has 0 saturated heterocycles. The van der Waals surface area contributed by atoms with Crippen LogP contribution < -0.4 is 10.1 Å². The van der Waals surface area contributed by atoms with E-state index in [1.165, 1.54) is 12.0 Å². The molecular weight excluding hydrogens is 306 g/mol. The smallest absolute Gasteiger partial charge is 0.258 e. The first-order valence-corrected chi connectivity index (χ1v) is 7.52. The van der Waals surface area contributed by atoms with Crippen LogP contribution in [0.3, 0.4) is 0 Å². The van der Waals surface area contributed by atoms with Crippen molar-refractivity contribution in [1.82, 2.24) is 15.5 Å². The van der Waals surface area contributed by atoms with E-state index in [2.05, 4.69) is 15.5 Å². The van der Waals surface area contributed by atoms with E-state index in [-0.39, 0.29) is 12.5 Å². The van der Waals surface area contributed by atoms with Gasteiger partial charge in [-0.05, 0) is 36.8 Å². The number of amides is 1. The molecule has 1 N–H and O–H groups in total. The summed E-state index contributed by atoms with van der Waals surface area (Å²) in [5, 5.41) is 10.3. The van der Waals surface area contributed by atoms with Gasteiger partial charge in [0.2, 0.25) is 12.3 Å². The number of hydrogen-bond acceptors (Lipinski definition) is 5. The topological polar surface area (TPSA) is 77.2 Å². The van der Waals surface area contributed by atoms with Crippen molar-refractivity contribution in [3.05, 3.63) is 66.1 Å². The number of aryl methyl sites for hydroxylation is 1. The molecule has 6 nitrogen and oxygen atoms in total. The van der Waals surface area contributed by atoms with Crippen LogP contribution >= 0.6 is 0 Å². The molecule has 2 aromatic carbocycles. The Labute approximate surface area is 139 Å². The van der Waals surface area contributed by atoms with Gasteiger partial charge in [0.05, 0.1) is 0 Å². The molecule has 0 fully saturated rings. The van der Waals surface area contributed by atoms with E-state index in [4.69, 9.17) is 9.15 Å². The lowest BCUT2D eigenvalue weighted by Crippen LogP contribution is -2.28. The molecule has 1 aromatic heterocycles. The van der Waals surface area contributed by atoms with Crippen molar-refractivity contribution in [2.24, 2.45) is 0 Å². The zero-order valence-corrected chi connectivity index (χ0v) is 13.2. The summed E-state index contributed by atoms with van der Waals surface area (Å²) in [4.78, 5) is 11.8. The second-order valence-electron chi connectivity index (χ2n) is 5.32. The van der Waals surface area contributed by atoms with Crippen molar-refractivity contribution in [3.8, 4) is 17.2 Å². The molecule has 3 aromatic rings. The Hall–Kier alpha value is -3.15. The Balaban J connectivity index is 1.46. The zero-order valence-electron chi connectivity index (χ0n) is 13.2. The summed E-state index contributed by atoms with van der Waals surface area (Å²) in [5.74, 6) is 0.873. The van der Waals surface area contributed by atoms with Crippen LogP contribution in [0.5, 0.6) is 5.75 Å². The zero-order chi connectivity index (χ0) is 16.8. The van der Waals surface area contributed by atoms with Crippen LogP contribution in [0, 0.1) is 6.92 Å². The largest absolute Gasteiger partial charge is 0.484 e. The van der Waals surface area contributed by atoms with Crippen molar-refractivity contribution >= 4 is 5.91 Å². The molecule has 6 heteroatoms. The minimum absolute atomic E-state index is 0.0359. The first-order valence-electron chi connectivity index (χ1n) is 7.52. The van der Waals surface area contributed by atoms with Gasteiger partial charge >= 0.3 is 0 Å². The van der Waals surface area contributed by atoms with Crippen molar-refractivity contribution in [2.45, 2.75) is 13.5 Å². The van der Waals surface area contributed by atoms with Gasteiger partial charge in [-0.1, -0.05) is 29.8 Å². The maximum absolute atomic E-state index is 11.8.